The molecular formula is C12H16F2O6. The summed E-state index contributed by atoms with van der Waals surface area (Å²) in [5, 5.41) is 0. The molecule has 6 nitrogen and oxygen atoms in total. The third-order valence-corrected chi connectivity index (χ3v) is 1.92. The van der Waals surface area contributed by atoms with E-state index in [1.165, 1.54) is 13.8 Å². The van der Waals surface area contributed by atoms with E-state index in [9.17, 15) is 18.4 Å². The maximum Gasteiger partial charge on any atom is 0.376 e. The summed E-state index contributed by atoms with van der Waals surface area (Å²) in [5.41, 5.74) is 0. The van der Waals surface area contributed by atoms with Crippen molar-refractivity contribution in [2.24, 2.45) is 0 Å². The van der Waals surface area contributed by atoms with Gasteiger partial charge in [-0.05, 0) is 13.8 Å². The summed E-state index contributed by atoms with van der Waals surface area (Å²) in [4.78, 5) is 22.7. The van der Waals surface area contributed by atoms with Gasteiger partial charge in [0.2, 0.25) is 23.2 Å². The molecule has 0 saturated heterocycles. The summed E-state index contributed by atoms with van der Waals surface area (Å²) in [6.07, 6.45) is 0. The molecule has 0 amide bonds. The SMILES string of the molecule is CCOC(=O)/C(OC)=C(F)\C(F)=C(\OC)C(=O)OCC. The van der Waals surface area contributed by atoms with Gasteiger partial charge in [0.05, 0.1) is 27.4 Å². The average Bonchev–Trinajstić information content (AvgIpc) is 2.40. The van der Waals surface area contributed by atoms with Crippen LogP contribution in [-0.2, 0) is 28.5 Å². The summed E-state index contributed by atoms with van der Waals surface area (Å²) in [5.74, 6) is -7.86. The van der Waals surface area contributed by atoms with E-state index in [1.807, 2.05) is 0 Å². The van der Waals surface area contributed by atoms with Gasteiger partial charge in [-0.2, -0.15) is 8.78 Å². The number of methoxy groups -OCH3 is 2. The van der Waals surface area contributed by atoms with Gasteiger partial charge < -0.3 is 18.9 Å². The van der Waals surface area contributed by atoms with Crippen molar-refractivity contribution in [1.29, 1.82) is 0 Å². The third-order valence-electron chi connectivity index (χ3n) is 1.92. The van der Waals surface area contributed by atoms with Gasteiger partial charge in [-0.15, -0.1) is 0 Å². The number of allylic oxidation sites excluding steroid dienone is 2. The highest BCUT2D eigenvalue weighted by Crippen LogP contribution is 2.24. The van der Waals surface area contributed by atoms with Crippen LogP contribution in [0, 0.1) is 0 Å². The maximum absolute atomic E-state index is 13.8. The molecule has 0 rings (SSSR count). The smallest absolute Gasteiger partial charge is 0.376 e. The number of rotatable bonds is 7. The molecule has 0 aromatic carbocycles. The zero-order valence-corrected chi connectivity index (χ0v) is 11.6. The summed E-state index contributed by atoms with van der Waals surface area (Å²) in [6, 6.07) is 0. The monoisotopic (exact) mass is 294 g/mol. The number of ether oxygens (including phenoxy) is 4. The lowest BCUT2D eigenvalue weighted by atomic mass is 10.3. The van der Waals surface area contributed by atoms with Crippen molar-refractivity contribution in [2.45, 2.75) is 13.8 Å². The van der Waals surface area contributed by atoms with E-state index in [0.29, 0.717) is 0 Å². The van der Waals surface area contributed by atoms with Crippen molar-refractivity contribution in [3.05, 3.63) is 23.2 Å². The van der Waals surface area contributed by atoms with Crippen molar-refractivity contribution < 1.29 is 37.3 Å². The number of esters is 2. The van der Waals surface area contributed by atoms with Crippen molar-refractivity contribution in [1.82, 2.24) is 0 Å². The molecule has 0 aliphatic heterocycles. The molecule has 0 aliphatic carbocycles. The molecule has 8 heteroatoms. The summed E-state index contributed by atoms with van der Waals surface area (Å²) >= 11 is 0. The molecule has 0 aromatic rings. The van der Waals surface area contributed by atoms with Crippen LogP contribution >= 0.6 is 0 Å². The highest BCUT2D eigenvalue weighted by Gasteiger charge is 2.28. The Hall–Kier alpha value is -2.12. The Morgan fingerprint density at radius 3 is 1.30 bits per heavy atom. The van der Waals surface area contributed by atoms with Crippen LogP contribution in [0.2, 0.25) is 0 Å². The van der Waals surface area contributed by atoms with Gasteiger partial charge in [0.15, 0.2) is 0 Å². The second kappa shape index (κ2) is 8.89. The van der Waals surface area contributed by atoms with Gasteiger partial charge in [-0.1, -0.05) is 0 Å². The predicted molar refractivity (Wildman–Crippen MR) is 63.6 cm³/mol. The molecule has 0 radical (unpaired) electrons. The van der Waals surface area contributed by atoms with Gasteiger partial charge in [0, 0.05) is 0 Å². The molecule has 0 spiro atoms. The fourth-order valence-electron chi connectivity index (χ4n) is 1.12. The van der Waals surface area contributed by atoms with Gasteiger partial charge in [0.25, 0.3) is 0 Å². The van der Waals surface area contributed by atoms with E-state index in [0.717, 1.165) is 14.2 Å². The van der Waals surface area contributed by atoms with Crippen molar-refractivity contribution in [3.63, 3.8) is 0 Å². The van der Waals surface area contributed by atoms with Crippen LogP contribution in [0.15, 0.2) is 23.2 Å². The molecule has 0 saturated carbocycles. The fraction of sp³-hybridized carbons (Fsp3) is 0.500. The Kier molecular flexibility index (Phi) is 7.95. The molecule has 0 atom stereocenters. The number of hydrogen-bond acceptors (Lipinski definition) is 6. The Morgan fingerprint density at radius 2 is 1.10 bits per heavy atom. The zero-order chi connectivity index (χ0) is 15.7. The molecule has 20 heavy (non-hydrogen) atoms. The third kappa shape index (κ3) is 4.52. The minimum absolute atomic E-state index is 0.0562. The first-order valence-electron chi connectivity index (χ1n) is 5.66. The van der Waals surface area contributed by atoms with Gasteiger partial charge >= 0.3 is 11.9 Å². The van der Waals surface area contributed by atoms with Gasteiger partial charge in [-0.3, -0.25) is 0 Å². The van der Waals surface area contributed by atoms with E-state index in [2.05, 4.69) is 18.9 Å². The molecule has 114 valence electrons. The number of carbonyl (C=O) groups excluding carboxylic acids is 2. The van der Waals surface area contributed by atoms with Crippen LogP contribution < -0.4 is 0 Å². The van der Waals surface area contributed by atoms with E-state index >= 15 is 0 Å². The first-order chi connectivity index (χ1) is 9.44. The molecule has 0 unspecified atom stereocenters. The Bertz CT molecular complexity index is 388. The predicted octanol–water partition coefficient (Wildman–Crippen LogP) is 1.77. The molecular weight excluding hydrogens is 278 g/mol. The van der Waals surface area contributed by atoms with Gasteiger partial charge in [-0.25, -0.2) is 9.59 Å². The van der Waals surface area contributed by atoms with E-state index < -0.39 is 35.1 Å². The second-order valence-electron chi connectivity index (χ2n) is 3.14. The van der Waals surface area contributed by atoms with E-state index in [4.69, 9.17) is 0 Å². The standard InChI is InChI=1S/C12H16F2O6/c1-5-19-11(15)9(17-3)7(13)8(14)10(18-4)12(16)20-6-2/h5-6H2,1-4H3/b9-7-,10-8-. The Morgan fingerprint density at radius 1 is 0.800 bits per heavy atom. The Labute approximate surface area is 114 Å². The first-order valence-corrected chi connectivity index (χ1v) is 5.66. The summed E-state index contributed by atoms with van der Waals surface area (Å²) in [7, 11) is 1.91. The molecule has 0 aromatic heterocycles. The van der Waals surface area contributed by atoms with Crippen LogP contribution in [0.5, 0.6) is 0 Å². The van der Waals surface area contributed by atoms with E-state index in [1.54, 1.807) is 0 Å². The lowest BCUT2D eigenvalue weighted by Gasteiger charge is -2.09. The van der Waals surface area contributed by atoms with Crippen LogP contribution in [0.4, 0.5) is 8.78 Å². The van der Waals surface area contributed by atoms with Crippen LogP contribution in [-0.4, -0.2) is 39.4 Å². The number of carbonyl (C=O) groups is 2. The number of hydrogen-bond donors (Lipinski definition) is 0. The minimum Gasteiger partial charge on any atom is -0.488 e. The molecule has 0 N–H and O–H groups in total. The fourth-order valence-corrected chi connectivity index (χ4v) is 1.12. The summed E-state index contributed by atoms with van der Waals surface area (Å²) < 4.78 is 45.4. The molecule has 0 fully saturated rings. The molecule has 0 bridgehead atoms. The van der Waals surface area contributed by atoms with Crippen molar-refractivity contribution in [2.75, 3.05) is 27.4 Å². The topological polar surface area (TPSA) is 71.1 Å². The highest BCUT2D eigenvalue weighted by atomic mass is 19.2. The largest absolute Gasteiger partial charge is 0.488 e. The van der Waals surface area contributed by atoms with Crippen LogP contribution in [0.3, 0.4) is 0 Å². The zero-order valence-electron chi connectivity index (χ0n) is 11.6. The van der Waals surface area contributed by atoms with Crippen molar-refractivity contribution >= 4 is 11.9 Å². The highest BCUT2D eigenvalue weighted by molar-refractivity contribution is 5.90. The molecule has 0 aliphatic rings. The molecule has 0 heterocycles. The normalized spacial score (nSPS) is 12.9. The number of halogens is 2. The lowest BCUT2D eigenvalue weighted by Crippen LogP contribution is -2.14. The maximum atomic E-state index is 13.8. The van der Waals surface area contributed by atoms with Crippen LogP contribution in [0.25, 0.3) is 0 Å². The average molecular weight is 294 g/mol. The first kappa shape index (κ1) is 17.9. The van der Waals surface area contributed by atoms with Gasteiger partial charge in [0.1, 0.15) is 0 Å². The summed E-state index contributed by atoms with van der Waals surface area (Å²) in [6.45, 7) is 2.85. The van der Waals surface area contributed by atoms with E-state index in [-0.39, 0.29) is 13.2 Å². The Balaban J connectivity index is 5.63. The lowest BCUT2D eigenvalue weighted by molar-refractivity contribution is -0.143. The quantitative estimate of drug-likeness (QED) is 0.308. The van der Waals surface area contributed by atoms with Crippen LogP contribution in [0.1, 0.15) is 13.8 Å². The van der Waals surface area contributed by atoms with Crippen molar-refractivity contribution in [3.8, 4) is 0 Å². The second-order valence-corrected chi connectivity index (χ2v) is 3.14. The minimum atomic E-state index is -1.71.